The van der Waals surface area contributed by atoms with Crippen LogP contribution in [-0.4, -0.2) is 99.8 Å². The second-order valence-corrected chi connectivity index (χ2v) is 12.6. The Bertz CT molecular complexity index is 1750. The van der Waals surface area contributed by atoms with Crippen LogP contribution in [-0.2, 0) is 35.0 Å². The molecule has 0 radical (unpaired) electrons. The van der Waals surface area contributed by atoms with Gasteiger partial charge in [-0.3, -0.25) is 24.5 Å². The summed E-state index contributed by atoms with van der Waals surface area (Å²) in [5.41, 5.74) is 1.33. The number of hydrogen-bond acceptors (Lipinski definition) is 12. The summed E-state index contributed by atoms with van der Waals surface area (Å²) in [6.45, 7) is 11.4. The molecule has 0 saturated carbocycles. The number of aliphatic hydroxyl groups is 1. The molecule has 298 valence electrons. The van der Waals surface area contributed by atoms with Crippen molar-refractivity contribution in [1.82, 2.24) is 10.6 Å². The highest BCUT2D eigenvalue weighted by Crippen LogP contribution is 2.39. The molecule has 0 bridgehead atoms. The first kappa shape index (κ1) is 43.3. The molecule has 5 N–H and O–H groups in total. The lowest BCUT2D eigenvalue weighted by molar-refractivity contribution is -0.140. The fraction of sp³-hybridized carbons (Fsp3) is 0.421. The van der Waals surface area contributed by atoms with Crippen molar-refractivity contribution >= 4 is 52.9 Å². The summed E-state index contributed by atoms with van der Waals surface area (Å²) in [7, 11) is 2.65. The number of carbonyl (C=O) groups excluding carboxylic acids is 6. The Morgan fingerprint density at radius 3 is 2.22 bits per heavy atom. The first-order valence-corrected chi connectivity index (χ1v) is 17.5. The minimum absolute atomic E-state index is 0.00477. The van der Waals surface area contributed by atoms with Crippen LogP contribution in [0.25, 0.3) is 0 Å². The lowest BCUT2D eigenvalue weighted by Gasteiger charge is -2.26. The summed E-state index contributed by atoms with van der Waals surface area (Å²) < 4.78 is 26.0. The van der Waals surface area contributed by atoms with Gasteiger partial charge in [0.2, 0.25) is 11.8 Å². The van der Waals surface area contributed by atoms with E-state index in [4.69, 9.17) is 18.9 Å². The van der Waals surface area contributed by atoms with Gasteiger partial charge in [0.05, 0.1) is 44.7 Å². The summed E-state index contributed by atoms with van der Waals surface area (Å²) in [6, 6.07) is 4.91. The van der Waals surface area contributed by atoms with Crippen LogP contribution in [0.2, 0.25) is 0 Å². The van der Waals surface area contributed by atoms with Gasteiger partial charge in [-0.2, -0.15) is 0 Å². The van der Waals surface area contributed by atoms with Crippen LogP contribution >= 0.6 is 0 Å². The van der Waals surface area contributed by atoms with Crippen LogP contribution in [0.15, 0.2) is 55.6 Å². The third-order valence-electron chi connectivity index (χ3n) is 8.28. The summed E-state index contributed by atoms with van der Waals surface area (Å²) in [5.74, 6) is -2.25. The summed E-state index contributed by atoms with van der Waals surface area (Å²) in [6.07, 6.45) is 1.76. The van der Waals surface area contributed by atoms with E-state index in [2.05, 4.69) is 39.2 Å². The Morgan fingerprint density at radius 1 is 0.909 bits per heavy atom. The van der Waals surface area contributed by atoms with E-state index in [0.717, 1.165) is 0 Å². The molecule has 17 nitrogen and oxygen atoms in total. The lowest BCUT2D eigenvalue weighted by Crippen LogP contribution is -2.53. The monoisotopic (exact) mass is 767 g/mol. The van der Waals surface area contributed by atoms with Crippen LogP contribution < -0.4 is 35.6 Å². The van der Waals surface area contributed by atoms with Crippen molar-refractivity contribution in [3.05, 3.63) is 66.8 Å². The van der Waals surface area contributed by atoms with Crippen LogP contribution in [0, 0.1) is 5.92 Å². The van der Waals surface area contributed by atoms with E-state index in [1.807, 2.05) is 0 Å². The zero-order valence-corrected chi connectivity index (χ0v) is 31.6. The fourth-order valence-electron chi connectivity index (χ4n) is 5.48. The fourth-order valence-corrected chi connectivity index (χ4v) is 5.48. The number of nitrogens with one attached hydrogen (secondary N) is 4. The number of methoxy groups -OCH3 is 2. The predicted molar refractivity (Wildman–Crippen MR) is 202 cm³/mol. The normalized spacial score (nSPS) is 14.0. The quantitative estimate of drug-likeness (QED) is 0.0598. The largest absolute Gasteiger partial charge is 0.493 e. The van der Waals surface area contributed by atoms with Crippen molar-refractivity contribution in [2.75, 3.05) is 56.2 Å². The van der Waals surface area contributed by atoms with Gasteiger partial charge in [-0.25, -0.2) is 9.59 Å². The average Bonchev–Trinajstić information content (AvgIpc) is 3.54. The van der Waals surface area contributed by atoms with Crippen LogP contribution in [0.3, 0.4) is 0 Å². The number of nitrogens with zero attached hydrogens (tertiary/aromatic N) is 1. The van der Waals surface area contributed by atoms with Crippen molar-refractivity contribution in [3.63, 3.8) is 0 Å². The maximum Gasteiger partial charge on any atom is 0.411 e. The number of esters is 1. The van der Waals surface area contributed by atoms with Gasteiger partial charge in [-0.05, 0) is 49.4 Å². The number of carbonyl (C=O) groups is 6. The number of aliphatic hydroxyl groups excluding tert-OH is 1. The van der Waals surface area contributed by atoms with Gasteiger partial charge in [0.15, 0.2) is 11.5 Å². The van der Waals surface area contributed by atoms with Crippen molar-refractivity contribution in [2.45, 2.75) is 58.2 Å². The maximum absolute atomic E-state index is 14.4. The number of amides is 5. The Morgan fingerprint density at radius 2 is 1.60 bits per heavy atom. The molecule has 0 saturated heterocycles. The molecule has 1 aliphatic rings. The highest BCUT2D eigenvalue weighted by molar-refractivity contribution is 6.13. The van der Waals surface area contributed by atoms with Gasteiger partial charge in [0.25, 0.3) is 5.91 Å². The Balaban J connectivity index is 1.89. The van der Waals surface area contributed by atoms with Crippen molar-refractivity contribution in [1.29, 1.82) is 0 Å². The third-order valence-corrected chi connectivity index (χ3v) is 8.28. The Labute approximate surface area is 319 Å². The number of alkyl carbamates (subject to hydrolysis) is 1. The van der Waals surface area contributed by atoms with Gasteiger partial charge in [-0.15, -0.1) is 0 Å². The van der Waals surface area contributed by atoms with E-state index < -0.39 is 60.6 Å². The van der Waals surface area contributed by atoms with Crippen LogP contribution in [0.5, 0.6) is 11.5 Å². The summed E-state index contributed by atoms with van der Waals surface area (Å²) in [5, 5.41) is 20.8. The molecule has 1 aliphatic heterocycles. The molecule has 3 rings (SSSR count). The zero-order valence-electron chi connectivity index (χ0n) is 31.6. The predicted octanol–water partition coefficient (Wildman–Crippen LogP) is 3.71. The van der Waals surface area contributed by atoms with Crippen LogP contribution in [0.1, 0.15) is 49.5 Å². The van der Waals surface area contributed by atoms with E-state index in [1.54, 1.807) is 32.0 Å². The minimum atomic E-state index is -1.04. The molecule has 17 heteroatoms. The average molecular weight is 768 g/mol. The Hall–Kier alpha value is -6.10. The van der Waals surface area contributed by atoms with E-state index in [0.29, 0.717) is 17.7 Å². The number of fused-ring (bicyclic) bond motifs is 1. The Kier molecular flexibility index (Phi) is 16.5. The van der Waals surface area contributed by atoms with Gasteiger partial charge in [0.1, 0.15) is 25.3 Å². The van der Waals surface area contributed by atoms with Gasteiger partial charge >= 0.3 is 18.2 Å². The summed E-state index contributed by atoms with van der Waals surface area (Å²) in [4.78, 5) is 78.4. The van der Waals surface area contributed by atoms with E-state index >= 15 is 0 Å². The number of benzene rings is 2. The molecule has 0 fully saturated rings. The van der Waals surface area contributed by atoms with Crippen molar-refractivity contribution in [3.8, 4) is 11.5 Å². The van der Waals surface area contributed by atoms with Gasteiger partial charge in [0, 0.05) is 23.9 Å². The second kappa shape index (κ2) is 21.0. The highest BCUT2D eigenvalue weighted by Gasteiger charge is 2.36. The SMILES string of the molecule is C=CCOC(=O)Nc1cc(OCCCC(=O)OC)c(OC)cc1C(=O)N1c2cc(NC(=O)C(C)NC(=O)C(NC(=O)OCC=C)C(C)C)ccc2C[C@H]1CO. The number of ether oxygens (including phenoxy) is 5. The summed E-state index contributed by atoms with van der Waals surface area (Å²) >= 11 is 0. The van der Waals surface area contributed by atoms with Gasteiger partial charge < -0.3 is 49.6 Å². The molecule has 1 heterocycles. The van der Waals surface area contributed by atoms with Crippen molar-refractivity contribution in [2.24, 2.45) is 5.92 Å². The van der Waals surface area contributed by atoms with E-state index in [9.17, 15) is 33.9 Å². The molecule has 2 aromatic carbocycles. The smallest absolute Gasteiger partial charge is 0.411 e. The van der Waals surface area contributed by atoms with E-state index in [-0.39, 0.29) is 67.0 Å². The standard InChI is InChI=1S/C38H49N5O12/c1-8-14-54-37(49)41-28-20-31(53-16-10-11-32(45)52-7)30(51-6)19-27(28)36(48)43-26(21-44)17-24-12-13-25(18-29(24)43)40-34(46)23(5)39-35(47)33(22(3)4)42-38(50)55-15-9-2/h8-9,12-13,18-20,22-23,26,33,44H,1-2,10-11,14-17,21H2,3-7H3,(H,39,47)(H,40,46)(H,41,49)(H,42,50)/t23?,26-,33?/m0/s1. The van der Waals surface area contributed by atoms with Crippen LogP contribution in [0.4, 0.5) is 26.7 Å². The molecule has 0 aromatic heterocycles. The third kappa shape index (κ3) is 11.9. The molecule has 3 atom stereocenters. The van der Waals surface area contributed by atoms with Crippen molar-refractivity contribution < 1.29 is 57.6 Å². The van der Waals surface area contributed by atoms with Gasteiger partial charge in [-0.1, -0.05) is 45.2 Å². The molecular weight excluding hydrogens is 718 g/mol. The molecule has 0 aliphatic carbocycles. The number of rotatable bonds is 19. The number of hydrogen-bond donors (Lipinski definition) is 5. The molecular formula is C38H49N5O12. The first-order chi connectivity index (χ1) is 26.3. The first-order valence-electron chi connectivity index (χ1n) is 17.5. The zero-order chi connectivity index (χ0) is 40.7. The maximum atomic E-state index is 14.4. The molecule has 0 spiro atoms. The minimum Gasteiger partial charge on any atom is -0.493 e. The number of anilines is 3. The lowest BCUT2D eigenvalue weighted by atomic mass is 10.0. The molecule has 5 amide bonds. The highest BCUT2D eigenvalue weighted by atomic mass is 16.6. The molecule has 2 aromatic rings. The second-order valence-electron chi connectivity index (χ2n) is 12.6. The van der Waals surface area contributed by atoms with E-state index in [1.165, 1.54) is 50.3 Å². The topological polar surface area (TPSA) is 220 Å². The molecule has 55 heavy (non-hydrogen) atoms. The molecule has 2 unspecified atom stereocenters.